The van der Waals surface area contributed by atoms with Crippen LogP contribution in [0.15, 0.2) is 23.5 Å². The molecule has 1 heterocycles. The van der Waals surface area contributed by atoms with Crippen LogP contribution in [0.3, 0.4) is 0 Å². The topological polar surface area (TPSA) is 90.0 Å². The highest BCUT2D eigenvalue weighted by atomic mass is 16.5. The van der Waals surface area contributed by atoms with E-state index in [1.165, 1.54) is 0 Å². The zero-order valence-electron chi connectivity index (χ0n) is 9.96. The van der Waals surface area contributed by atoms with E-state index in [1.54, 1.807) is 18.3 Å². The van der Waals surface area contributed by atoms with E-state index in [2.05, 4.69) is 10.1 Å². The quantitative estimate of drug-likeness (QED) is 0.334. The minimum absolute atomic E-state index is 0.0308. The van der Waals surface area contributed by atoms with Crippen molar-refractivity contribution in [2.75, 3.05) is 13.2 Å². The largest absolute Gasteiger partial charge is 0.472 e. The van der Waals surface area contributed by atoms with Crippen molar-refractivity contribution < 1.29 is 14.7 Å². The Morgan fingerprint density at radius 1 is 1.65 bits per heavy atom. The van der Waals surface area contributed by atoms with E-state index in [1.807, 2.05) is 13.8 Å². The van der Waals surface area contributed by atoms with Crippen LogP contribution in [-0.2, 0) is 4.74 Å². The Morgan fingerprint density at radius 2 is 2.41 bits per heavy atom. The average molecular weight is 239 g/mol. The lowest BCUT2D eigenvalue weighted by atomic mass is 10.2. The van der Waals surface area contributed by atoms with Gasteiger partial charge in [-0.25, -0.2) is 4.98 Å². The average Bonchev–Trinajstić information content (AvgIpc) is 2.36. The van der Waals surface area contributed by atoms with Crippen LogP contribution in [0.25, 0.3) is 0 Å². The molecular formula is C11H17N3O3. The van der Waals surface area contributed by atoms with Crippen molar-refractivity contribution in [1.29, 1.82) is 0 Å². The van der Waals surface area contributed by atoms with Gasteiger partial charge in [-0.3, -0.25) is 0 Å². The number of rotatable bonds is 6. The van der Waals surface area contributed by atoms with Gasteiger partial charge in [0.15, 0.2) is 5.84 Å². The van der Waals surface area contributed by atoms with Crippen molar-refractivity contribution in [2.45, 2.75) is 20.0 Å². The molecule has 1 aromatic rings. The number of pyridine rings is 1. The normalized spacial score (nSPS) is 13.4. The van der Waals surface area contributed by atoms with E-state index >= 15 is 0 Å². The first-order valence-electron chi connectivity index (χ1n) is 5.36. The van der Waals surface area contributed by atoms with Gasteiger partial charge in [-0.2, -0.15) is 0 Å². The predicted molar refractivity (Wildman–Crippen MR) is 63.3 cm³/mol. The maximum atomic E-state index is 8.64. The van der Waals surface area contributed by atoms with Crippen molar-refractivity contribution >= 4 is 5.84 Å². The van der Waals surface area contributed by atoms with Gasteiger partial charge in [-0.15, -0.1) is 0 Å². The summed E-state index contributed by atoms with van der Waals surface area (Å²) >= 11 is 0. The van der Waals surface area contributed by atoms with Crippen LogP contribution in [0.4, 0.5) is 0 Å². The highest BCUT2D eigenvalue weighted by Gasteiger charge is 2.12. The van der Waals surface area contributed by atoms with Gasteiger partial charge in [-0.05, 0) is 26.0 Å². The Labute approximate surface area is 100 Å². The number of nitrogens with two attached hydrogens (primary N) is 1. The zero-order chi connectivity index (χ0) is 12.7. The summed E-state index contributed by atoms with van der Waals surface area (Å²) in [5.41, 5.74) is 5.98. The molecule has 0 radical (unpaired) electrons. The fourth-order valence-corrected chi connectivity index (χ4v) is 1.24. The highest BCUT2D eigenvalue weighted by molar-refractivity contribution is 5.98. The molecule has 3 N–H and O–H groups in total. The Hall–Kier alpha value is -1.82. The molecule has 6 nitrogen and oxygen atoms in total. The number of ether oxygens (including phenoxy) is 2. The number of aromatic nitrogens is 1. The SMILES string of the molecule is CCOCC(C)Oc1ncccc1/C(N)=N/O. The first kappa shape index (κ1) is 13.2. The van der Waals surface area contributed by atoms with E-state index < -0.39 is 0 Å². The van der Waals surface area contributed by atoms with Crippen molar-refractivity contribution in [3.8, 4) is 5.88 Å². The zero-order valence-corrected chi connectivity index (χ0v) is 9.96. The summed E-state index contributed by atoms with van der Waals surface area (Å²) in [6.07, 6.45) is 1.42. The third kappa shape index (κ3) is 3.92. The van der Waals surface area contributed by atoms with Gasteiger partial charge in [0.1, 0.15) is 6.10 Å². The number of oxime groups is 1. The number of nitrogens with zero attached hydrogens (tertiary/aromatic N) is 2. The standard InChI is InChI=1S/C11H17N3O3/c1-3-16-7-8(2)17-11-9(10(12)14-15)5-4-6-13-11/h4-6,8,15H,3,7H2,1-2H3,(H2,12,14). The van der Waals surface area contributed by atoms with Gasteiger partial charge in [0.05, 0.1) is 12.2 Å². The van der Waals surface area contributed by atoms with Gasteiger partial charge in [-0.1, -0.05) is 5.16 Å². The van der Waals surface area contributed by atoms with Crippen LogP contribution in [-0.4, -0.2) is 35.3 Å². The van der Waals surface area contributed by atoms with Crippen LogP contribution >= 0.6 is 0 Å². The Balaban J connectivity index is 2.76. The molecule has 0 aromatic carbocycles. The molecule has 6 heteroatoms. The molecule has 0 saturated carbocycles. The lowest BCUT2D eigenvalue weighted by molar-refractivity contribution is 0.0632. The van der Waals surface area contributed by atoms with Crippen LogP contribution in [0.1, 0.15) is 19.4 Å². The summed E-state index contributed by atoms with van der Waals surface area (Å²) in [7, 11) is 0. The minimum Gasteiger partial charge on any atom is -0.472 e. The number of hydrogen-bond acceptors (Lipinski definition) is 5. The molecule has 1 atom stereocenters. The summed E-state index contributed by atoms with van der Waals surface area (Å²) in [5, 5.41) is 11.6. The van der Waals surface area contributed by atoms with Gasteiger partial charge in [0.25, 0.3) is 0 Å². The van der Waals surface area contributed by atoms with E-state index in [4.69, 9.17) is 20.4 Å². The van der Waals surface area contributed by atoms with E-state index in [-0.39, 0.29) is 11.9 Å². The Bertz CT molecular complexity index is 382. The van der Waals surface area contributed by atoms with Crippen molar-refractivity contribution in [3.05, 3.63) is 23.9 Å². The van der Waals surface area contributed by atoms with E-state index in [0.29, 0.717) is 24.7 Å². The molecule has 94 valence electrons. The molecule has 0 aliphatic rings. The predicted octanol–water partition coefficient (Wildman–Crippen LogP) is 0.980. The molecule has 0 aliphatic carbocycles. The van der Waals surface area contributed by atoms with Gasteiger partial charge < -0.3 is 20.4 Å². The first-order chi connectivity index (χ1) is 8.19. The number of amidine groups is 1. The molecule has 0 bridgehead atoms. The summed E-state index contributed by atoms with van der Waals surface area (Å²) in [6.45, 7) is 4.86. The van der Waals surface area contributed by atoms with Crippen molar-refractivity contribution in [1.82, 2.24) is 4.98 Å². The second-order valence-corrected chi connectivity index (χ2v) is 3.43. The molecule has 0 spiro atoms. The van der Waals surface area contributed by atoms with E-state index in [9.17, 15) is 0 Å². The first-order valence-corrected chi connectivity index (χ1v) is 5.36. The molecule has 1 aromatic heterocycles. The lowest BCUT2D eigenvalue weighted by Gasteiger charge is -2.15. The molecule has 1 unspecified atom stereocenters. The van der Waals surface area contributed by atoms with Crippen molar-refractivity contribution in [2.24, 2.45) is 10.9 Å². The number of hydrogen-bond donors (Lipinski definition) is 2. The maximum absolute atomic E-state index is 8.64. The fourth-order valence-electron chi connectivity index (χ4n) is 1.24. The fraction of sp³-hybridized carbons (Fsp3) is 0.455. The highest BCUT2D eigenvalue weighted by Crippen LogP contribution is 2.15. The lowest BCUT2D eigenvalue weighted by Crippen LogP contribution is -2.22. The molecule has 0 fully saturated rings. The summed E-state index contributed by atoms with van der Waals surface area (Å²) in [4.78, 5) is 4.05. The molecule has 0 saturated heterocycles. The van der Waals surface area contributed by atoms with Gasteiger partial charge in [0.2, 0.25) is 5.88 Å². The van der Waals surface area contributed by atoms with Gasteiger partial charge >= 0.3 is 0 Å². The summed E-state index contributed by atoms with van der Waals surface area (Å²) in [6, 6.07) is 3.36. The molecule has 17 heavy (non-hydrogen) atoms. The molecular weight excluding hydrogens is 222 g/mol. The van der Waals surface area contributed by atoms with Crippen LogP contribution < -0.4 is 10.5 Å². The van der Waals surface area contributed by atoms with E-state index in [0.717, 1.165) is 0 Å². The molecule has 0 amide bonds. The van der Waals surface area contributed by atoms with Gasteiger partial charge in [0, 0.05) is 12.8 Å². The third-order valence-corrected chi connectivity index (χ3v) is 2.02. The van der Waals surface area contributed by atoms with Crippen LogP contribution in [0.5, 0.6) is 5.88 Å². The Kier molecular flexibility index (Phi) is 5.22. The summed E-state index contributed by atoms with van der Waals surface area (Å²) < 4.78 is 10.8. The molecule has 1 rings (SSSR count). The molecule has 0 aliphatic heterocycles. The second kappa shape index (κ2) is 6.70. The smallest absolute Gasteiger partial charge is 0.224 e. The second-order valence-electron chi connectivity index (χ2n) is 3.43. The third-order valence-electron chi connectivity index (χ3n) is 2.02. The Morgan fingerprint density at radius 3 is 3.06 bits per heavy atom. The monoisotopic (exact) mass is 239 g/mol. The van der Waals surface area contributed by atoms with Crippen molar-refractivity contribution in [3.63, 3.8) is 0 Å². The van der Waals surface area contributed by atoms with Crippen LogP contribution in [0.2, 0.25) is 0 Å². The maximum Gasteiger partial charge on any atom is 0.224 e. The minimum atomic E-state index is -0.157. The summed E-state index contributed by atoms with van der Waals surface area (Å²) in [5.74, 6) is 0.298. The van der Waals surface area contributed by atoms with Crippen LogP contribution in [0, 0.1) is 0 Å².